The summed E-state index contributed by atoms with van der Waals surface area (Å²) in [5.74, 6) is -0.396. The van der Waals surface area contributed by atoms with E-state index in [0.717, 1.165) is 11.4 Å². The number of nitrogens with one attached hydrogen (secondary N) is 1. The first-order valence-corrected chi connectivity index (χ1v) is 6.35. The molecule has 92 valence electrons. The Morgan fingerprint density at radius 1 is 1.50 bits per heavy atom. The predicted octanol–water partition coefficient (Wildman–Crippen LogP) is 3.12. The van der Waals surface area contributed by atoms with Gasteiger partial charge in [0, 0.05) is 24.0 Å². The minimum absolute atomic E-state index is 0.324. The normalized spacial score (nSPS) is 10.1. The number of nitriles is 1. The number of thiazole rings is 1. The summed E-state index contributed by atoms with van der Waals surface area (Å²) >= 11 is 1.66. The van der Waals surface area contributed by atoms with E-state index in [9.17, 15) is 4.39 Å². The van der Waals surface area contributed by atoms with Crippen LogP contribution in [-0.2, 0) is 6.42 Å². The molecule has 18 heavy (non-hydrogen) atoms. The Balaban J connectivity index is 1.96. The second-order valence-corrected chi connectivity index (χ2v) is 5.16. The standard InChI is InChI=1S/C13H12FN3S/c1-9-8-17-13(18-9)4-5-16-12-3-2-11(14)6-10(12)7-15/h2-3,6,8,16H,4-5H2,1H3. The molecule has 5 heteroatoms. The van der Waals surface area contributed by atoms with Gasteiger partial charge in [-0.15, -0.1) is 11.3 Å². The van der Waals surface area contributed by atoms with Crippen LogP contribution in [0.2, 0.25) is 0 Å². The molecule has 3 nitrogen and oxygen atoms in total. The minimum Gasteiger partial charge on any atom is -0.384 e. The van der Waals surface area contributed by atoms with Gasteiger partial charge >= 0.3 is 0 Å². The molecule has 0 bridgehead atoms. The number of rotatable bonds is 4. The fourth-order valence-corrected chi connectivity index (χ4v) is 2.37. The summed E-state index contributed by atoms with van der Waals surface area (Å²) < 4.78 is 12.9. The van der Waals surface area contributed by atoms with E-state index in [0.29, 0.717) is 17.8 Å². The van der Waals surface area contributed by atoms with Gasteiger partial charge in [0.05, 0.1) is 16.3 Å². The van der Waals surface area contributed by atoms with Crippen LogP contribution in [0.15, 0.2) is 24.4 Å². The van der Waals surface area contributed by atoms with Gasteiger partial charge in [0.15, 0.2) is 0 Å². The number of hydrogen-bond acceptors (Lipinski definition) is 4. The van der Waals surface area contributed by atoms with Gasteiger partial charge in [0.2, 0.25) is 0 Å². The zero-order valence-electron chi connectivity index (χ0n) is 9.90. The van der Waals surface area contributed by atoms with Gasteiger partial charge in [-0.05, 0) is 25.1 Å². The molecular formula is C13H12FN3S. The molecule has 0 atom stereocenters. The van der Waals surface area contributed by atoms with Crippen molar-refractivity contribution in [2.45, 2.75) is 13.3 Å². The Hall–Kier alpha value is -1.93. The van der Waals surface area contributed by atoms with Crippen LogP contribution in [0.1, 0.15) is 15.4 Å². The monoisotopic (exact) mass is 261 g/mol. The molecule has 0 aliphatic heterocycles. The Kier molecular flexibility index (Phi) is 3.90. The number of benzene rings is 1. The van der Waals surface area contributed by atoms with Crippen molar-refractivity contribution >= 4 is 17.0 Å². The maximum atomic E-state index is 12.9. The number of aryl methyl sites for hydroxylation is 1. The van der Waals surface area contributed by atoms with Crippen LogP contribution in [0.4, 0.5) is 10.1 Å². The van der Waals surface area contributed by atoms with Crippen molar-refractivity contribution in [1.29, 1.82) is 5.26 Å². The van der Waals surface area contributed by atoms with E-state index in [1.807, 2.05) is 19.2 Å². The Bertz CT molecular complexity index is 586. The average Bonchev–Trinajstić information content (AvgIpc) is 2.77. The van der Waals surface area contributed by atoms with Crippen LogP contribution < -0.4 is 5.32 Å². The van der Waals surface area contributed by atoms with Gasteiger partial charge in [-0.2, -0.15) is 5.26 Å². The Morgan fingerprint density at radius 3 is 3.00 bits per heavy atom. The molecule has 2 rings (SSSR count). The first kappa shape index (κ1) is 12.5. The second-order valence-electron chi connectivity index (χ2n) is 3.84. The van der Waals surface area contributed by atoms with Crippen molar-refractivity contribution in [2.24, 2.45) is 0 Å². The van der Waals surface area contributed by atoms with E-state index in [1.54, 1.807) is 17.4 Å². The van der Waals surface area contributed by atoms with E-state index in [1.165, 1.54) is 17.0 Å². The number of anilines is 1. The van der Waals surface area contributed by atoms with Crippen molar-refractivity contribution in [3.05, 3.63) is 45.7 Å². The summed E-state index contributed by atoms with van der Waals surface area (Å²) in [6, 6.07) is 6.13. The molecule has 2 aromatic rings. The molecule has 0 radical (unpaired) electrons. The molecule has 0 saturated heterocycles. The van der Waals surface area contributed by atoms with Crippen molar-refractivity contribution in [1.82, 2.24) is 4.98 Å². The first-order chi connectivity index (χ1) is 8.69. The van der Waals surface area contributed by atoms with Gasteiger partial charge in [-0.3, -0.25) is 0 Å². The lowest BCUT2D eigenvalue weighted by molar-refractivity contribution is 0.627. The number of halogens is 1. The zero-order valence-corrected chi connectivity index (χ0v) is 10.7. The SMILES string of the molecule is Cc1cnc(CCNc2ccc(F)cc2C#N)s1. The molecule has 0 unspecified atom stereocenters. The highest BCUT2D eigenvalue weighted by atomic mass is 32.1. The third-order valence-corrected chi connectivity index (χ3v) is 3.40. The second kappa shape index (κ2) is 5.61. The van der Waals surface area contributed by atoms with Crippen molar-refractivity contribution in [2.75, 3.05) is 11.9 Å². The fraction of sp³-hybridized carbons (Fsp3) is 0.231. The summed E-state index contributed by atoms with van der Waals surface area (Å²) in [6.07, 6.45) is 2.64. The molecule has 0 amide bonds. The quantitative estimate of drug-likeness (QED) is 0.920. The fourth-order valence-electron chi connectivity index (χ4n) is 1.58. The first-order valence-electron chi connectivity index (χ1n) is 5.54. The molecule has 0 aliphatic rings. The highest BCUT2D eigenvalue weighted by Crippen LogP contribution is 2.17. The van der Waals surface area contributed by atoms with Gasteiger partial charge in [0.25, 0.3) is 0 Å². The van der Waals surface area contributed by atoms with Crippen LogP contribution in [0, 0.1) is 24.1 Å². The Labute approximate surface area is 109 Å². The maximum absolute atomic E-state index is 12.9. The summed E-state index contributed by atoms with van der Waals surface area (Å²) in [5, 5.41) is 13.1. The van der Waals surface area contributed by atoms with Crippen LogP contribution in [0.5, 0.6) is 0 Å². The van der Waals surface area contributed by atoms with Crippen LogP contribution in [0.25, 0.3) is 0 Å². The lowest BCUT2D eigenvalue weighted by Crippen LogP contribution is -2.06. The highest BCUT2D eigenvalue weighted by molar-refractivity contribution is 7.11. The Morgan fingerprint density at radius 2 is 2.33 bits per heavy atom. The molecule has 1 aromatic carbocycles. The van der Waals surface area contributed by atoms with Crippen molar-refractivity contribution in [3.63, 3.8) is 0 Å². The molecule has 1 heterocycles. The molecule has 0 spiro atoms. The molecular weight excluding hydrogens is 249 g/mol. The number of aromatic nitrogens is 1. The number of hydrogen-bond donors (Lipinski definition) is 1. The third-order valence-electron chi connectivity index (χ3n) is 2.43. The van der Waals surface area contributed by atoms with E-state index < -0.39 is 5.82 Å². The van der Waals surface area contributed by atoms with Crippen LogP contribution in [0.3, 0.4) is 0 Å². The summed E-state index contributed by atoms with van der Waals surface area (Å²) in [6.45, 7) is 2.69. The van der Waals surface area contributed by atoms with Crippen LogP contribution >= 0.6 is 11.3 Å². The zero-order chi connectivity index (χ0) is 13.0. The lowest BCUT2D eigenvalue weighted by Gasteiger charge is -2.06. The highest BCUT2D eigenvalue weighted by Gasteiger charge is 2.04. The smallest absolute Gasteiger partial charge is 0.124 e. The topological polar surface area (TPSA) is 48.7 Å². The molecule has 0 fully saturated rings. The van der Waals surface area contributed by atoms with Crippen molar-refractivity contribution in [3.8, 4) is 6.07 Å². The van der Waals surface area contributed by atoms with E-state index in [-0.39, 0.29) is 0 Å². The third kappa shape index (κ3) is 3.05. The molecule has 0 saturated carbocycles. The van der Waals surface area contributed by atoms with E-state index in [2.05, 4.69) is 10.3 Å². The summed E-state index contributed by atoms with van der Waals surface area (Å²) in [7, 11) is 0. The van der Waals surface area contributed by atoms with Gasteiger partial charge in [0.1, 0.15) is 11.9 Å². The molecule has 0 aliphatic carbocycles. The molecule has 1 aromatic heterocycles. The molecule has 1 N–H and O–H groups in total. The van der Waals surface area contributed by atoms with Gasteiger partial charge < -0.3 is 5.32 Å². The van der Waals surface area contributed by atoms with Crippen LogP contribution in [-0.4, -0.2) is 11.5 Å². The average molecular weight is 261 g/mol. The summed E-state index contributed by atoms with van der Waals surface area (Å²) in [5.41, 5.74) is 0.984. The van der Waals surface area contributed by atoms with Crippen molar-refractivity contribution < 1.29 is 4.39 Å². The van der Waals surface area contributed by atoms with Gasteiger partial charge in [-0.1, -0.05) is 0 Å². The predicted molar refractivity (Wildman–Crippen MR) is 70.2 cm³/mol. The largest absolute Gasteiger partial charge is 0.384 e. The van der Waals surface area contributed by atoms with E-state index >= 15 is 0 Å². The summed E-state index contributed by atoms with van der Waals surface area (Å²) in [4.78, 5) is 5.44. The van der Waals surface area contributed by atoms with Gasteiger partial charge in [-0.25, -0.2) is 9.37 Å². The number of nitrogens with zero attached hydrogens (tertiary/aromatic N) is 2. The minimum atomic E-state index is -0.396. The van der Waals surface area contributed by atoms with E-state index in [4.69, 9.17) is 5.26 Å². The lowest BCUT2D eigenvalue weighted by atomic mass is 10.2. The maximum Gasteiger partial charge on any atom is 0.124 e.